The first-order valence-corrected chi connectivity index (χ1v) is 6.37. The third kappa shape index (κ3) is 3.71. The summed E-state index contributed by atoms with van der Waals surface area (Å²) in [5.41, 5.74) is 0.869. The van der Waals surface area contributed by atoms with E-state index in [4.69, 9.17) is 9.84 Å². The topological polar surface area (TPSA) is 75.6 Å². The lowest BCUT2D eigenvalue weighted by molar-refractivity contribution is -0.141. The molecule has 5 nitrogen and oxygen atoms in total. The number of carbonyl (C=O) groups is 2. The summed E-state index contributed by atoms with van der Waals surface area (Å²) in [6, 6.07) is 8.43. The Morgan fingerprint density at radius 1 is 1.32 bits per heavy atom. The Morgan fingerprint density at radius 3 is 2.53 bits per heavy atom. The standard InChI is InChI=1S/C14H17NO4/c16-13(17)12(11-7-4-8-11)15-14(18)19-9-10-5-2-1-3-6-10/h1-3,5-6,11-12H,4,7-9H2,(H,15,18)(H,16,17)/t12-/m1/s1. The first kappa shape index (κ1) is 13.4. The van der Waals surface area contributed by atoms with Gasteiger partial charge in [-0.25, -0.2) is 9.59 Å². The van der Waals surface area contributed by atoms with Crippen LogP contribution >= 0.6 is 0 Å². The molecule has 19 heavy (non-hydrogen) atoms. The number of hydrogen-bond donors (Lipinski definition) is 2. The van der Waals surface area contributed by atoms with Crippen LogP contribution < -0.4 is 5.32 Å². The van der Waals surface area contributed by atoms with Gasteiger partial charge in [0.15, 0.2) is 0 Å². The highest BCUT2D eigenvalue weighted by atomic mass is 16.5. The summed E-state index contributed by atoms with van der Waals surface area (Å²) in [6.45, 7) is 0.143. The minimum absolute atomic E-state index is 0.0294. The zero-order valence-corrected chi connectivity index (χ0v) is 10.5. The summed E-state index contributed by atoms with van der Waals surface area (Å²) in [7, 11) is 0. The lowest BCUT2D eigenvalue weighted by Crippen LogP contribution is -2.48. The number of aliphatic carboxylic acids is 1. The highest BCUT2D eigenvalue weighted by Gasteiger charge is 2.34. The van der Waals surface area contributed by atoms with Gasteiger partial charge in [-0.2, -0.15) is 0 Å². The van der Waals surface area contributed by atoms with Crippen LogP contribution in [0, 0.1) is 5.92 Å². The van der Waals surface area contributed by atoms with Gasteiger partial charge in [-0.3, -0.25) is 0 Å². The van der Waals surface area contributed by atoms with Gasteiger partial charge >= 0.3 is 12.1 Å². The van der Waals surface area contributed by atoms with Gasteiger partial charge < -0.3 is 15.2 Å². The third-order valence-electron chi connectivity index (χ3n) is 3.37. The van der Waals surface area contributed by atoms with E-state index in [1.165, 1.54) is 0 Å². The Morgan fingerprint density at radius 2 is 2.00 bits per heavy atom. The van der Waals surface area contributed by atoms with E-state index in [-0.39, 0.29) is 12.5 Å². The summed E-state index contributed by atoms with van der Waals surface area (Å²) in [6.07, 6.45) is 2.03. The molecular formula is C14H17NO4. The first-order chi connectivity index (χ1) is 9.16. The van der Waals surface area contributed by atoms with Crippen molar-refractivity contribution in [2.75, 3.05) is 0 Å². The summed E-state index contributed by atoms with van der Waals surface area (Å²) in [5.74, 6) is -0.969. The number of ether oxygens (including phenoxy) is 1. The van der Waals surface area contributed by atoms with Crippen LogP contribution in [0.4, 0.5) is 4.79 Å². The normalized spacial score (nSPS) is 16.2. The molecule has 0 spiro atoms. The van der Waals surface area contributed by atoms with E-state index < -0.39 is 18.1 Å². The average Bonchev–Trinajstić information content (AvgIpc) is 2.34. The van der Waals surface area contributed by atoms with Crippen molar-refractivity contribution in [2.45, 2.75) is 31.9 Å². The van der Waals surface area contributed by atoms with Crippen molar-refractivity contribution in [1.29, 1.82) is 0 Å². The second kappa shape index (κ2) is 6.22. The molecule has 1 saturated carbocycles. The smallest absolute Gasteiger partial charge is 0.408 e. The second-order valence-corrected chi connectivity index (χ2v) is 4.71. The van der Waals surface area contributed by atoms with Gasteiger partial charge in [-0.15, -0.1) is 0 Å². The monoisotopic (exact) mass is 263 g/mol. The fourth-order valence-corrected chi connectivity index (χ4v) is 2.05. The van der Waals surface area contributed by atoms with Crippen LogP contribution in [0.15, 0.2) is 30.3 Å². The van der Waals surface area contributed by atoms with Gasteiger partial charge in [-0.1, -0.05) is 36.8 Å². The van der Waals surface area contributed by atoms with Crippen molar-refractivity contribution in [3.8, 4) is 0 Å². The quantitative estimate of drug-likeness (QED) is 0.853. The van der Waals surface area contributed by atoms with E-state index in [9.17, 15) is 9.59 Å². The van der Waals surface area contributed by atoms with Crippen LogP contribution in [0.1, 0.15) is 24.8 Å². The Bertz CT molecular complexity index is 442. The lowest BCUT2D eigenvalue weighted by Gasteiger charge is -2.31. The van der Waals surface area contributed by atoms with Crippen LogP contribution in [0.3, 0.4) is 0 Å². The third-order valence-corrected chi connectivity index (χ3v) is 3.37. The minimum Gasteiger partial charge on any atom is -0.480 e. The van der Waals surface area contributed by atoms with Gasteiger partial charge in [0.25, 0.3) is 0 Å². The predicted octanol–water partition coefficient (Wildman–Crippen LogP) is 2.17. The molecule has 0 aromatic heterocycles. The zero-order chi connectivity index (χ0) is 13.7. The molecule has 1 amide bonds. The number of alkyl carbamates (subject to hydrolysis) is 1. The largest absolute Gasteiger partial charge is 0.480 e. The summed E-state index contributed by atoms with van der Waals surface area (Å²) in [4.78, 5) is 22.7. The summed E-state index contributed by atoms with van der Waals surface area (Å²) >= 11 is 0. The molecule has 2 rings (SSSR count). The molecule has 1 aliphatic rings. The number of nitrogens with one attached hydrogen (secondary N) is 1. The van der Waals surface area contributed by atoms with Crippen molar-refractivity contribution in [2.24, 2.45) is 5.92 Å². The molecule has 1 aliphatic carbocycles. The second-order valence-electron chi connectivity index (χ2n) is 4.71. The molecular weight excluding hydrogens is 246 g/mol. The SMILES string of the molecule is O=C(N[C@@H](C(=O)O)C1CCC1)OCc1ccccc1. The van der Waals surface area contributed by atoms with Crippen LogP contribution in [0.25, 0.3) is 0 Å². The number of rotatable bonds is 5. The van der Waals surface area contributed by atoms with Crippen LogP contribution in [-0.2, 0) is 16.1 Å². The van der Waals surface area contributed by atoms with Gasteiger partial charge in [0.05, 0.1) is 0 Å². The number of benzene rings is 1. The van der Waals surface area contributed by atoms with Crippen molar-refractivity contribution in [1.82, 2.24) is 5.32 Å². The molecule has 1 aromatic rings. The molecule has 0 unspecified atom stereocenters. The van der Waals surface area contributed by atoms with Crippen molar-refractivity contribution >= 4 is 12.1 Å². The molecule has 1 atom stereocenters. The maximum atomic E-state index is 11.6. The summed E-state index contributed by atoms with van der Waals surface area (Å²) < 4.78 is 5.01. The molecule has 102 valence electrons. The Balaban J connectivity index is 1.81. The maximum absolute atomic E-state index is 11.6. The Hall–Kier alpha value is -2.04. The van der Waals surface area contributed by atoms with E-state index in [2.05, 4.69) is 5.32 Å². The number of amides is 1. The predicted molar refractivity (Wildman–Crippen MR) is 68.5 cm³/mol. The van der Waals surface area contributed by atoms with E-state index >= 15 is 0 Å². The van der Waals surface area contributed by atoms with Crippen LogP contribution in [0.2, 0.25) is 0 Å². The minimum atomic E-state index is -0.999. The number of carboxylic acids is 1. The molecule has 0 heterocycles. The molecule has 0 radical (unpaired) electrons. The molecule has 1 aromatic carbocycles. The van der Waals surface area contributed by atoms with E-state index in [0.29, 0.717) is 0 Å². The van der Waals surface area contributed by atoms with E-state index in [0.717, 1.165) is 24.8 Å². The molecule has 2 N–H and O–H groups in total. The Labute approximate surface area is 111 Å². The van der Waals surface area contributed by atoms with Gasteiger partial charge in [0.2, 0.25) is 0 Å². The number of carboxylic acid groups (broad SMARTS) is 1. The fourth-order valence-electron chi connectivity index (χ4n) is 2.05. The van der Waals surface area contributed by atoms with Gasteiger partial charge in [0.1, 0.15) is 12.6 Å². The van der Waals surface area contributed by atoms with Crippen LogP contribution in [0.5, 0.6) is 0 Å². The number of carbonyl (C=O) groups excluding carboxylic acids is 1. The van der Waals surface area contributed by atoms with Gasteiger partial charge in [0, 0.05) is 0 Å². The Kier molecular flexibility index (Phi) is 4.39. The van der Waals surface area contributed by atoms with Crippen molar-refractivity contribution in [3.05, 3.63) is 35.9 Å². The van der Waals surface area contributed by atoms with E-state index in [1.807, 2.05) is 30.3 Å². The highest BCUT2D eigenvalue weighted by molar-refractivity contribution is 5.80. The maximum Gasteiger partial charge on any atom is 0.408 e. The highest BCUT2D eigenvalue weighted by Crippen LogP contribution is 2.29. The fraction of sp³-hybridized carbons (Fsp3) is 0.429. The van der Waals surface area contributed by atoms with Crippen molar-refractivity contribution in [3.63, 3.8) is 0 Å². The summed E-state index contributed by atoms with van der Waals surface area (Å²) in [5, 5.41) is 11.5. The zero-order valence-electron chi connectivity index (χ0n) is 10.5. The molecule has 5 heteroatoms. The van der Waals surface area contributed by atoms with Crippen molar-refractivity contribution < 1.29 is 19.4 Å². The van der Waals surface area contributed by atoms with E-state index in [1.54, 1.807) is 0 Å². The first-order valence-electron chi connectivity index (χ1n) is 6.37. The molecule has 1 fully saturated rings. The molecule has 0 bridgehead atoms. The molecule has 0 aliphatic heterocycles. The van der Waals surface area contributed by atoms with Gasteiger partial charge in [-0.05, 0) is 24.3 Å². The molecule has 0 saturated heterocycles. The van der Waals surface area contributed by atoms with Crippen LogP contribution in [-0.4, -0.2) is 23.2 Å². The lowest BCUT2D eigenvalue weighted by atomic mass is 9.80. The average molecular weight is 263 g/mol. The number of hydrogen-bond acceptors (Lipinski definition) is 3.